The fourth-order valence-electron chi connectivity index (χ4n) is 2.73. The average Bonchev–Trinajstić information content (AvgIpc) is 3.13. The van der Waals surface area contributed by atoms with Gasteiger partial charge in [0, 0.05) is 4.88 Å². The Labute approximate surface area is 158 Å². The van der Waals surface area contributed by atoms with Crippen LogP contribution in [0.3, 0.4) is 0 Å². The fourth-order valence-corrected chi connectivity index (χ4v) is 3.51. The summed E-state index contributed by atoms with van der Waals surface area (Å²) in [4.78, 5) is 24.8. The van der Waals surface area contributed by atoms with Crippen molar-refractivity contribution in [3.05, 3.63) is 51.7 Å². The number of benzene rings is 1. The maximum absolute atomic E-state index is 12.3. The molecule has 2 aromatic rings. The summed E-state index contributed by atoms with van der Waals surface area (Å²) >= 11 is 1.48. The van der Waals surface area contributed by atoms with Crippen molar-refractivity contribution in [2.45, 2.75) is 39.2 Å². The van der Waals surface area contributed by atoms with E-state index in [2.05, 4.69) is 19.2 Å². The van der Waals surface area contributed by atoms with E-state index in [1.807, 2.05) is 42.6 Å². The van der Waals surface area contributed by atoms with Crippen LogP contribution in [0.2, 0.25) is 0 Å². The van der Waals surface area contributed by atoms with E-state index in [1.54, 1.807) is 0 Å². The van der Waals surface area contributed by atoms with Gasteiger partial charge in [-0.2, -0.15) is 0 Å². The van der Waals surface area contributed by atoms with E-state index in [0.29, 0.717) is 11.7 Å². The van der Waals surface area contributed by atoms with Crippen molar-refractivity contribution < 1.29 is 19.1 Å². The topological polar surface area (TPSA) is 64.6 Å². The van der Waals surface area contributed by atoms with Gasteiger partial charge in [0.2, 0.25) is 0 Å². The summed E-state index contributed by atoms with van der Waals surface area (Å²) in [5, 5.41) is 4.75. The molecule has 140 valence electrons. The largest absolute Gasteiger partial charge is 0.484 e. The normalized spacial score (nSPS) is 11.9. The van der Waals surface area contributed by atoms with Gasteiger partial charge in [-0.3, -0.25) is 9.59 Å². The zero-order valence-electron chi connectivity index (χ0n) is 15.6. The number of amides is 1. The molecule has 0 fully saturated rings. The second-order valence-electron chi connectivity index (χ2n) is 6.38. The quantitative estimate of drug-likeness (QED) is 0.709. The highest BCUT2D eigenvalue weighted by molar-refractivity contribution is 7.10. The Balaban J connectivity index is 1.95. The van der Waals surface area contributed by atoms with Crippen LogP contribution >= 0.6 is 11.3 Å². The van der Waals surface area contributed by atoms with E-state index in [1.165, 1.54) is 24.0 Å². The third-order valence-corrected chi connectivity index (χ3v) is 5.04. The number of aryl methyl sites for hydroxylation is 1. The molecule has 0 aliphatic carbocycles. The monoisotopic (exact) mass is 375 g/mol. The molecule has 1 amide bonds. The van der Waals surface area contributed by atoms with Crippen LogP contribution in [0.5, 0.6) is 5.75 Å². The van der Waals surface area contributed by atoms with Crippen molar-refractivity contribution in [3.8, 4) is 5.75 Å². The van der Waals surface area contributed by atoms with E-state index < -0.39 is 6.04 Å². The molecule has 6 heteroatoms. The Morgan fingerprint density at radius 2 is 2.00 bits per heavy atom. The first-order chi connectivity index (χ1) is 12.4. The Morgan fingerprint density at radius 1 is 1.23 bits per heavy atom. The standard InChI is InChI=1S/C20H25NO4S/c1-13(2)16-8-7-15(10-14(16)3)25-12-19(22)21-17(11-20(23)24-4)18-6-5-9-26-18/h5-10,13,17H,11-12H2,1-4H3,(H,21,22). The van der Waals surface area contributed by atoms with Crippen LogP contribution in [0.25, 0.3) is 0 Å². The molecule has 1 heterocycles. The predicted molar refractivity (Wildman–Crippen MR) is 103 cm³/mol. The molecule has 2 rings (SSSR count). The summed E-state index contributed by atoms with van der Waals surface area (Å²) < 4.78 is 10.3. The first-order valence-electron chi connectivity index (χ1n) is 8.53. The summed E-state index contributed by atoms with van der Waals surface area (Å²) in [5.74, 6) is 0.447. The Hall–Kier alpha value is -2.34. The van der Waals surface area contributed by atoms with E-state index in [0.717, 1.165) is 10.4 Å². The molecule has 0 radical (unpaired) electrons. The summed E-state index contributed by atoms with van der Waals surface area (Å²) in [7, 11) is 1.34. The van der Waals surface area contributed by atoms with Crippen LogP contribution < -0.4 is 10.1 Å². The number of nitrogens with one attached hydrogen (secondary N) is 1. The van der Waals surface area contributed by atoms with Gasteiger partial charge in [0.25, 0.3) is 5.91 Å². The zero-order chi connectivity index (χ0) is 19.1. The lowest BCUT2D eigenvalue weighted by Crippen LogP contribution is -2.33. The molecule has 0 spiro atoms. The van der Waals surface area contributed by atoms with Crippen molar-refractivity contribution in [2.24, 2.45) is 0 Å². The molecule has 1 aromatic carbocycles. The van der Waals surface area contributed by atoms with Gasteiger partial charge < -0.3 is 14.8 Å². The molecule has 0 bridgehead atoms. The lowest BCUT2D eigenvalue weighted by Gasteiger charge is -2.17. The van der Waals surface area contributed by atoms with Crippen molar-refractivity contribution in [3.63, 3.8) is 0 Å². The van der Waals surface area contributed by atoms with Crippen molar-refractivity contribution >= 4 is 23.2 Å². The summed E-state index contributed by atoms with van der Waals surface area (Å²) in [6.45, 7) is 6.21. The SMILES string of the molecule is COC(=O)CC(NC(=O)COc1ccc(C(C)C)c(C)c1)c1cccs1. The Morgan fingerprint density at radius 3 is 2.58 bits per heavy atom. The molecular formula is C20H25NO4S. The third kappa shape index (κ3) is 5.59. The number of carbonyl (C=O) groups is 2. The van der Waals surface area contributed by atoms with Gasteiger partial charge in [0.1, 0.15) is 5.75 Å². The fraction of sp³-hybridized carbons (Fsp3) is 0.400. The van der Waals surface area contributed by atoms with Gasteiger partial charge in [0.15, 0.2) is 6.61 Å². The highest BCUT2D eigenvalue weighted by atomic mass is 32.1. The predicted octanol–water partition coefficient (Wildman–Crippen LogP) is 3.98. The smallest absolute Gasteiger partial charge is 0.307 e. The van der Waals surface area contributed by atoms with Gasteiger partial charge in [-0.25, -0.2) is 0 Å². The first-order valence-corrected chi connectivity index (χ1v) is 9.41. The van der Waals surface area contributed by atoms with Crippen LogP contribution in [0.15, 0.2) is 35.7 Å². The lowest BCUT2D eigenvalue weighted by atomic mass is 9.98. The second kappa shape index (κ2) is 9.38. The molecule has 0 saturated carbocycles. The van der Waals surface area contributed by atoms with E-state index in [-0.39, 0.29) is 24.9 Å². The van der Waals surface area contributed by atoms with Crippen LogP contribution in [-0.4, -0.2) is 25.6 Å². The molecule has 1 N–H and O–H groups in total. The average molecular weight is 375 g/mol. The van der Waals surface area contributed by atoms with Crippen molar-refractivity contribution in [1.29, 1.82) is 0 Å². The van der Waals surface area contributed by atoms with E-state index in [9.17, 15) is 9.59 Å². The molecule has 0 aliphatic rings. The molecule has 1 atom stereocenters. The molecule has 1 unspecified atom stereocenters. The van der Waals surface area contributed by atoms with Crippen LogP contribution in [0.1, 0.15) is 48.2 Å². The number of hydrogen-bond donors (Lipinski definition) is 1. The molecular weight excluding hydrogens is 350 g/mol. The molecule has 5 nitrogen and oxygen atoms in total. The summed E-state index contributed by atoms with van der Waals surface area (Å²) in [6.07, 6.45) is 0.0882. The molecule has 0 aliphatic heterocycles. The van der Waals surface area contributed by atoms with Gasteiger partial charge in [-0.1, -0.05) is 26.0 Å². The lowest BCUT2D eigenvalue weighted by molar-refractivity contribution is -0.141. The van der Waals surface area contributed by atoms with Crippen LogP contribution in [0, 0.1) is 6.92 Å². The third-order valence-electron chi connectivity index (χ3n) is 4.05. The van der Waals surface area contributed by atoms with Crippen molar-refractivity contribution in [1.82, 2.24) is 5.32 Å². The van der Waals surface area contributed by atoms with Gasteiger partial charge >= 0.3 is 5.97 Å². The summed E-state index contributed by atoms with van der Waals surface area (Å²) in [6, 6.07) is 9.19. The highest BCUT2D eigenvalue weighted by Gasteiger charge is 2.20. The van der Waals surface area contributed by atoms with Crippen molar-refractivity contribution in [2.75, 3.05) is 13.7 Å². The Kier molecular flexibility index (Phi) is 7.21. The molecule has 1 aromatic heterocycles. The number of ether oxygens (including phenoxy) is 2. The minimum Gasteiger partial charge on any atom is -0.484 e. The minimum atomic E-state index is -0.413. The van der Waals surface area contributed by atoms with Gasteiger partial charge in [-0.05, 0) is 47.5 Å². The van der Waals surface area contributed by atoms with E-state index >= 15 is 0 Å². The Bertz CT molecular complexity index is 740. The van der Waals surface area contributed by atoms with Crippen LogP contribution in [0.4, 0.5) is 0 Å². The van der Waals surface area contributed by atoms with Crippen LogP contribution in [-0.2, 0) is 14.3 Å². The number of thiophene rings is 1. The number of esters is 1. The number of methoxy groups -OCH3 is 1. The second-order valence-corrected chi connectivity index (χ2v) is 7.36. The minimum absolute atomic E-state index is 0.0882. The zero-order valence-corrected chi connectivity index (χ0v) is 16.4. The first kappa shape index (κ1) is 20.0. The number of carbonyl (C=O) groups excluding carboxylic acids is 2. The van der Waals surface area contributed by atoms with Gasteiger partial charge in [-0.15, -0.1) is 11.3 Å². The maximum atomic E-state index is 12.3. The molecule has 0 saturated heterocycles. The summed E-state index contributed by atoms with van der Waals surface area (Å²) in [5.41, 5.74) is 2.40. The maximum Gasteiger partial charge on any atom is 0.307 e. The van der Waals surface area contributed by atoms with E-state index in [4.69, 9.17) is 9.47 Å². The number of rotatable bonds is 8. The highest BCUT2D eigenvalue weighted by Crippen LogP contribution is 2.24. The number of hydrogen-bond acceptors (Lipinski definition) is 5. The van der Waals surface area contributed by atoms with Gasteiger partial charge in [0.05, 0.1) is 19.6 Å². The molecule has 26 heavy (non-hydrogen) atoms.